The van der Waals surface area contributed by atoms with Crippen LogP contribution >= 0.6 is 0 Å². The minimum absolute atomic E-state index is 0.0514. The lowest BCUT2D eigenvalue weighted by Gasteiger charge is -2.29. The van der Waals surface area contributed by atoms with Crippen LogP contribution < -0.4 is 5.56 Å². The van der Waals surface area contributed by atoms with Gasteiger partial charge in [0, 0.05) is 18.0 Å². The number of hydrogen-bond donors (Lipinski definition) is 0. The Kier molecular flexibility index (Phi) is 5.69. The van der Waals surface area contributed by atoms with Crippen molar-refractivity contribution in [2.75, 3.05) is 6.61 Å². The van der Waals surface area contributed by atoms with Gasteiger partial charge in [0.05, 0.1) is 29.5 Å². The van der Waals surface area contributed by atoms with Crippen LogP contribution in [0.25, 0.3) is 16.9 Å². The van der Waals surface area contributed by atoms with Crippen LogP contribution in [0.3, 0.4) is 0 Å². The van der Waals surface area contributed by atoms with Gasteiger partial charge < -0.3 is 4.74 Å². The lowest BCUT2D eigenvalue weighted by atomic mass is 9.86. The molecule has 182 valence electrons. The normalized spacial score (nSPS) is 21.1. The summed E-state index contributed by atoms with van der Waals surface area (Å²) in [6.45, 7) is 2.97. The monoisotopic (exact) mass is 479 g/mol. The van der Waals surface area contributed by atoms with Crippen molar-refractivity contribution < 1.29 is 4.74 Å². The Morgan fingerprint density at radius 3 is 2.58 bits per heavy atom. The number of nitriles is 1. The molecule has 2 aliphatic rings. The van der Waals surface area contributed by atoms with E-state index in [-0.39, 0.29) is 17.2 Å². The predicted molar refractivity (Wildman–Crippen MR) is 137 cm³/mol. The van der Waals surface area contributed by atoms with Gasteiger partial charge in [-0.1, -0.05) is 55.8 Å². The van der Waals surface area contributed by atoms with Crippen LogP contribution in [0.1, 0.15) is 67.5 Å². The standard InChI is InChI=1S/C29H29N5O2/c1-2-5-26-25(16-20-8-10-21(11-9-20)24-7-4-3-6-22(24)17-30)27(35)33(28-31-19-32-34(26)28)23-12-14-29(15-13-23)18-36-29/h3-4,6-11,19,23H,2,5,12-16,18H2,1H3/t23-,29-. The van der Waals surface area contributed by atoms with Crippen LogP contribution in [-0.2, 0) is 17.6 Å². The smallest absolute Gasteiger partial charge is 0.259 e. The summed E-state index contributed by atoms with van der Waals surface area (Å²) in [5, 5.41) is 14.0. The Hall–Kier alpha value is -3.76. The summed E-state index contributed by atoms with van der Waals surface area (Å²) in [4.78, 5) is 18.6. The van der Waals surface area contributed by atoms with Gasteiger partial charge in [0.25, 0.3) is 5.56 Å². The Balaban J connectivity index is 1.39. The number of fused-ring (bicyclic) bond motifs is 1. The van der Waals surface area contributed by atoms with Crippen molar-refractivity contribution >= 4 is 5.78 Å². The molecule has 2 fully saturated rings. The largest absolute Gasteiger partial charge is 0.370 e. The topological polar surface area (TPSA) is 88.5 Å². The minimum atomic E-state index is 0.0514. The molecule has 3 heterocycles. The maximum Gasteiger partial charge on any atom is 0.259 e. The molecule has 1 saturated carbocycles. The average molecular weight is 480 g/mol. The Labute approximate surface area is 210 Å². The SMILES string of the molecule is CCCc1c(Cc2ccc(-c3ccccc3C#N)cc2)c(=O)n([C@H]2CC[C@]3(CC2)CO3)c2ncnn12. The van der Waals surface area contributed by atoms with Crippen LogP contribution in [0.5, 0.6) is 0 Å². The summed E-state index contributed by atoms with van der Waals surface area (Å²) in [5.74, 6) is 0.647. The van der Waals surface area contributed by atoms with Gasteiger partial charge in [-0.3, -0.25) is 9.36 Å². The molecule has 36 heavy (non-hydrogen) atoms. The van der Waals surface area contributed by atoms with Crippen molar-refractivity contribution in [3.8, 4) is 17.2 Å². The summed E-state index contributed by atoms with van der Waals surface area (Å²) < 4.78 is 9.48. The second-order valence-corrected chi connectivity index (χ2v) is 10.1. The minimum Gasteiger partial charge on any atom is -0.370 e. The summed E-state index contributed by atoms with van der Waals surface area (Å²) in [6.07, 6.45) is 7.58. The number of aryl methyl sites for hydroxylation is 1. The number of ether oxygens (including phenoxy) is 1. The number of aromatic nitrogens is 4. The van der Waals surface area contributed by atoms with Crippen molar-refractivity contribution in [1.29, 1.82) is 5.26 Å². The third-order valence-corrected chi connectivity index (χ3v) is 7.79. The fraction of sp³-hybridized carbons (Fsp3) is 0.379. The zero-order valence-electron chi connectivity index (χ0n) is 20.5. The van der Waals surface area contributed by atoms with Crippen molar-refractivity contribution in [2.24, 2.45) is 0 Å². The van der Waals surface area contributed by atoms with Gasteiger partial charge in [0.1, 0.15) is 6.33 Å². The van der Waals surface area contributed by atoms with Gasteiger partial charge in [-0.2, -0.15) is 15.3 Å². The molecule has 0 bridgehead atoms. The number of epoxide rings is 1. The summed E-state index contributed by atoms with van der Waals surface area (Å²) in [6, 6.07) is 18.2. The highest BCUT2D eigenvalue weighted by Crippen LogP contribution is 2.45. The molecule has 1 spiro atoms. The summed E-state index contributed by atoms with van der Waals surface area (Å²) in [7, 11) is 0. The molecule has 7 nitrogen and oxygen atoms in total. The molecule has 1 saturated heterocycles. The average Bonchev–Trinajstić information content (AvgIpc) is 3.49. The van der Waals surface area contributed by atoms with E-state index in [4.69, 9.17) is 4.74 Å². The fourth-order valence-corrected chi connectivity index (χ4v) is 5.69. The second-order valence-electron chi connectivity index (χ2n) is 10.1. The van der Waals surface area contributed by atoms with Gasteiger partial charge in [-0.05, 0) is 54.9 Å². The second kappa shape index (κ2) is 9.03. The zero-order chi connectivity index (χ0) is 24.7. The van der Waals surface area contributed by atoms with Gasteiger partial charge in [0.15, 0.2) is 0 Å². The van der Waals surface area contributed by atoms with E-state index in [0.717, 1.165) is 73.1 Å². The lowest BCUT2D eigenvalue weighted by molar-refractivity contribution is 0.199. The van der Waals surface area contributed by atoms with E-state index in [9.17, 15) is 10.1 Å². The molecule has 0 atom stereocenters. The molecule has 0 N–H and O–H groups in total. The van der Waals surface area contributed by atoms with E-state index in [2.05, 4.69) is 35.2 Å². The van der Waals surface area contributed by atoms with Crippen LogP contribution in [0.2, 0.25) is 0 Å². The first-order valence-electron chi connectivity index (χ1n) is 12.8. The van der Waals surface area contributed by atoms with Crippen LogP contribution in [0, 0.1) is 11.3 Å². The van der Waals surface area contributed by atoms with Gasteiger partial charge in [0.2, 0.25) is 5.78 Å². The van der Waals surface area contributed by atoms with Gasteiger partial charge in [-0.25, -0.2) is 4.52 Å². The molecular formula is C29H29N5O2. The van der Waals surface area contributed by atoms with E-state index in [0.29, 0.717) is 17.8 Å². The van der Waals surface area contributed by atoms with Crippen molar-refractivity contribution in [1.82, 2.24) is 19.2 Å². The highest BCUT2D eigenvalue weighted by Gasteiger charge is 2.47. The molecule has 0 amide bonds. The number of rotatable bonds is 6. The van der Waals surface area contributed by atoms with Crippen LogP contribution in [0.4, 0.5) is 0 Å². The Morgan fingerprint density at radius 1 is 1.14 bits per heavy atom. The lowest BCUT2D eigenvalue weighted by Crippen LogP contribution is -2.35. The van der Waals surface area contributed by atoms with Crippen LogP contribution in [0.15, 0.2) is 59.7 Å². The molecule has 2 aromatic heterocycles. The van der Waals surface area contributed by atoms with E-state index >= 15 is 0 Å². The van der Waals surface area contributed by atoms with E-state index in [1.807, 2.05) is 45.5 Å². The molecule has 2 aromatic carbocycles. The highest BCUT2D eigenvalue weighted by molar-refractivity contribution is 5.70. The molecule has 4 aromatic rings. The first-order chi connectivity index (χ1) is 17.6. The van der Waals surface area contributed by atoms with Crippen LogP contribution in [-0.4, -0.2) is 31.4 Å². The Morgan fingerprint density at radius 2 is 1.89 bits per heavy atom. The van der Waals surface area contributed by atoms with Crippen molar-refractivity contribution in [2.45, 2.75) is 63.5 Å². The fourth-order valence-electron chi connectivity index (χ4n) is 5.69. The molecule has 1 aliphatic carbocycles. The maximum absolute atomic E-state index is 14.0. The summed E-state index contributed by atoms with van der Waals surface area (Å²) in [5.41, 5.74) is 5.48. The van der Waals surface area contributed by atoms with Crippen molar-refractivity contribution in [3.05, 3.63) is 87.6 Å². The first kappa shape index (κ1) is 22.7. The molecule has 0 unspecified atom stereocenters. The van der Waals surface area contributed by atoms with Gasteiger partial charge in [-0.15, -0.1) is 0 Å². The quantitative estimate of drug-likeness (QED) is 0.369. The van der Waals surface area contributed by atoms with E-state index in [1.165, 1.54) is 0 Å². The Bertz CT molecular complexity index is 1510. The number of benzene rings is 2. The third kappa shape index (κ3) is 3.92. The highest BCUT2D eigenvalue weighted by atomic mass is 16.6. The van der Waals surface area contributed by atoms with Crippen molar-refractivity contribution in [3.63, 3.8) is 0 Å². The number of nitrogens with zero attached hydrogens (tertiary/aromatic N) is 5. The molecular weight excluding hydrogens is 450 g/mol. The summed E-state index contributed by atoms with van der Waals surface area (Å²) >= 11 is 0. The zero-order valence-corrected chi connectivity index (χ0v) is 20.5. The third-order valence-electron chi connectivity index (χ3n) is 7.79. The molecule has 1 aliphatic heterocycles. The maximum atomic E-state index is 14.0. The van der Waals surface area contributed by atoms with E-state index in [1.54, 1.807) is 6.33 Å². The molecule has 7 heteroatoms. The molecule has 6 rings (SSSR count). The first-order valence-corrected chi connectivity index (χ1v) is 12.8. The molecule has 0 radical (unpaired) electrons. The number of hydrogen-bond acceptors (Lipinski definition) is 5. The predicted octanol–water partition coefficient (Wildman–Crippen LogP) is 4.86. The van der Waals surface area contributed by atoms with E-state index < -0.39 is 0 Å². The van der Waals surface area contributed by atoms with Gasteiger partial charge >= 0.3 is 0 Å².